The number of ether oxygens (including phenoxy) is 2. The molecule has 0 bridgehead atoms. The van der Waals surface area contributed by atoms with Crippen molar-refractivity contribution in [3.63, 3.8) is 0 Å². The SMILES string of the molecule is C=C(N=Cc1cc(Br)ccc1OC1CCN(C(=O)OC(C)(C)C)CC1)O[Si](C)(C)C. The van der Waals surface area contributed by atoms with Crippen LogP contribution in [0.4, 0.5) is 4.79 Å². The number of hydrogen-bond acceptors (Lipinski definition) is 5. The van der Waals surface area contributed by atoms with Gasteiger partial charge >= 0.3 is 6.09 Å². The van der Waals surface area contributed by atoms with E-state index in [2.05, 4.69) is 47.1 Å². The molecule has 0 aliphatic carbocycles. The van der Waals surface area contributed by atoms with Gasteiger partial charge in [-0.15, -0.1) is 0 Å². The summed E-state index contributed by atoms with van der Waals surface area (Å²) in [5.41, 5.74) is 0.360. The van der Waals surface area contributed by atoms with Gasteiger partial charge in [0, 0.05) is 42.2 Å². The molecule has 0 saturated carbocycles. The minimum Gasteiger partial charge on any atom is -0.532 e. The van der Waals surface area contributed by atoms with Crippen LogP contribution in [0.25, 0.3) is 0 Å². The van der Waals surface area contributed by atoms with E-state index in [9.17, 15) is 4.79 Å². The van der Waals surface area contributed by atoms with Crippen molar-refractivity contribution in [2.24, 2.45) is 4.99 Å². The number of aliphatic imine (C=N–C) groups is 1. The number of benzene rings is 1. The summed E-state index contributed by atoms with van der Waals surface area (Å²) >= 11 is 3.50. The van der Waals surface area contributed by atoms with E-state index in [1.165, 1.54) is 0 Å². The summed E-state index contributed by atoms with van der Waals surface area (Å²) in [5.74, 6) is 1.16. The predicted octanol–water partition coefficient (Wildman–Crippen LogP) is 5.97. The minimum atomic E-state index is -1.75. The van der Waals surface area contributed by atoms with Gasteiger partial charge in [0.05, 0.1) is 0 Å². The van der Waals surface area contributed by atoms with Gasteiger partial charge in [-0.05, 0) is 65.2 Å². The molecule has 6 nitrogen and oxygen atoms in total. The Morgan fingerprint density at radius 1 is 1.27 bits per heavy atom. The molecule has 1 saturated heterocycles. The van der Waals surface area contributed by atoms with Crippen LogP contribution in [0.15, 0.2) is 40.1 Å². The largest absolute Gasteiger partial charge is 0.532 e. The Morgan fingerprint density at radius 2 is 1.90 bits per heavy atom. The number of rotatable bonds is 6. The molecule has 1 aliphatic heterocycles. The first-order valence-electron chi connectivity index (χ1n) is 10.2. The van der Waals surface area contributed by atoms with E-state index in [4.69, 9.17) is 13.9 Å². The number of piperidine rings is 1. The van der Waals surface area contributed by atoms with Crippen LogP contribution in [0.2, 0.25) is 19.6 Å². The average Bonchev–Trinajstić information content (AvgIpc) is 2.59. The van der Waals surface area contributed by atoms with Crippen LogP contribution < -0.4 is 4.74 Å². The zero-order chi connectivity index (χ0) is 22.5. The molecule has 0 radical (unpaired) electrons. The van der Waals surface area contributed by atoms with E-state index in [-0.39, 0.29) is 12.2 Å². The molecule has 0 atom stereocenters. The van der Waals surface area contributed by atoms with Crippen molar-refractivity contribution < 1.29 is 18.7 Å². The molecule has 1 aliphatic rings. The van der Waals surface area contributed by atoms with Gasteiger partial charge in [0.2, 0.25) is 8.32 Å². The van der Waals surface area contributed by atoms with Crippen molar-refractivity contribution in [1.82, 2.24) is 4.90 Å². The summed E-state index contributed by atoms with van der Waals surface area (Å²) in [4.78, 5) is 18.4. The molecule has 1 heterocycles. The van der Waals surface area contributed by atoms with Gasteiger partial charge in [-0.3, -0.25) is 0 Å². The van der Waals surface area contributed by atoms with Crippen LogP contribution in [0.1, 0.15) is 39.2 Å². The standard InChI is InChI=1S/C22H33BrN2O4Si/c1-16(29-30(5,6)7)24-15-17-14-18(23)8-9-20(17)27-19-10-12-25(13-11-19)21(26)28-22(2,3)4/h8-9,14-15,19H,1,10-13H2,2-7H3. The number of likely N-dealkylation sites (tertiary alicyclic amines) is 1. The number of halogens is 1. The second kappa shape index (κ2) is 10.0. The minimum absolute atomic E-state index is 0.0263. The maximum Gasteiger partial charge on any atom is 0.410 e. The fourth-order valence-corrected chi connectivity index (χ4v) is 4.05. The fourth-order valence-electron chi connectivity index (χ4n) is 2.91. The lowest BCUT2D eigenvalue weighted by Gasteiger charge is -2.33. The molecule has 1 aromatic rings. The molecule has 166 valence electrons. The van der Waals surface area contributed by atoms with Crippen LogP contribution in [0, 0.1) is 0 Å². The Balaban J connectivity index is 1.99. The molecule has 8 heteroatoms. The molecule has 0 aromatic heterocycles. The third-order valence-corrected chi connectivity index (χ3v) is 5.47. The van der Waals surface area contributed by atoms with Crippen LogP contribution >= 0.6 is 15.9 Å². The van der Waals surface area contributed by atoms with Crippen LogP contribution in [0.3, 0.4) is 0 Å². The van der Waals surface area contributed by atoms with Gasteiger partial charge in [-0.1, -0.05) is 15.9 Å². The topological polar surface area (TPSA) is 60.4 Å². The highest BCUT2D eigenvalue weighted by Gasteiger charge is 2.28. The number of carbonyl (C=O) groups excluding carboxylic acids is 1. The molecule has 0 spiro atoms. The van der Waals surface area contributed by atoms with Crippen molar-refractivity contribution in [1.29, 1.82) is 0 Å². The van der Waals surface area contributed by atoms with Crippen molar-refractivity contribution in [3.8, 4) is 5.75 Å². The number of carbonyl (C=O) groups is 1. The molecule has 0 unspecified atom stereocenters. The molecule has 30 heavy (non-hydrogen) atoms. The highest BCUT2D eigenvalue weighted by atomic mass is 79.9. The van der Waals surface area contributed by atoms with Crippen LogP contribution in [0.5, 0.6) is 5.75 Å². The second-order valence-corrected chi connectivity index (χ2v) is 14.7. The molecular weight excluding hydrogens is 464 g/mol. The monoisotopic (exact) mass is 496 g/mol. The van der Waals surface area contributed by atoms with Gasteiger partial charge < -0.3 is 18.8 Å². The summed E-state index contributed by atoms with van der Waals surface area (Å²) in [7, 11) is -1.75. The molecular formula is C22H33BrN2O4Si. The Hall–Kier alpha value is -1.80. The third-order valence-electron chi connectivity index (χ3n) is 4.13. The van der Waals surface area contributed by atoms with Crippen molar-refractivity contribution in [3.05, 3.63) is 40.7 Å². The van der Waals surface area contributed by atoms with Gasteiger partial charge in [0.1, 0.15) is 17.5 Å². The van der Waals surface area contributed by atoms with Crippen molar-refractivity contribution >= 4 is 36.6 Å². The lowest BCUT2D eigenvalue weighted by atomic mass is 10.1. The van der Waals surface area contributed by atoms with Crippen LogP contribution in [-0.4, -0.2) is 50.3 Å². The molecule has 1 amide bonds. The second-order valence-electron chi connectivity index (χ2n) is 9.33. The maximum absolute atomic E-state index is 12.2. The zero-order valence-corrected chi connectivity index (χ0v) is 21.4. The quantitative estimate of drug-likeness (QED) is 0.276. The van der Waals surface area contributed by atoms with E-state index in [1.807, 2.05) is 39.0 Å². The maximum atomic E-state index is 12.2. The van der Waals surface area contributed by atoms with E-state index in [0.717, 1.165) is 28.6 Å². The van der Waals surface area contributed by atoms with Gasteiger partial charge in [-0.2, -0.15) is 0 Å². The number of nitrogens with zero attached hydrogens (tertiary/aromatic N) is 2. The highest BCUT2D eigenvalue weighted by Crippen LogP contribution is 2.26. The first kappa shape index (κ1) is 24.5. The summed E-state index contributed by atoms with van der Waals surface area (Å²) in [6, 6.07) is 5.82. The summed E-state index contributed by atoms with van der Waals surface area (Å²) in [6.45, 7) is 17.0. The lowest BCUT2D eigenvalue weighted by Crippen LogP contribution is -2.44. The van der Waals surface area contributed by atoms with Crippen molar-refractivity contribution in [2.75, 3.05) is 13.1 Å². The normalized spacial score (nSPS) is 15.9. The lowest BCUT2D eigenvalue weighted by molar-refractivity contribution is 0.0126. The van der Waals surface area contributed by atoms with Crippen molar-refractivity contribution in [2.45, 2.75) is 65.0 Å². The number of hydrogen-bond donors (Lipinski definition) is 0. The summed E-state index contributed by atoms with van der Waals surface area (Å²) in [5, 5.41) is 0. The highest BCUT2D eigenvalue weighted by molar-refractivity contribution is 9.10. The third kappa shape index (κ3) is 8.51. The van der Waals surface area contributed by atoms with Gasteiger partial charge in [0.15, 0.2) is 5.88 Å². The predicted molar refractivity (Wildman–Crippen MR) is 127 cm³/mol. The Kier molecular flexibility index (Phi) is 8.16. The van der Waals surface area contributed by atoms with E-state index >= 15 is 0 Å². The first-order chi connectivity index (χ1) is 13.8. The summed E-state index contributed by atoms with van der Waals surface area (Å²) in [6.07, 6.45) is 2.98. The smallest absolute Gasteiger partial charge is 0.410 e. The first-order valence-corrected chi connectivity index (χ1v) is 14.4. The fraction of sp³-hybridized carbons (Fsp3) is 0.545. The van der Waals surface area contributed by atoms with Gasteiger partial charge in [-0.25, -0.2) is 9.79 Å². The molecule has 1 aromatic carbocycles. The zero-order valence-electron chi connectivity index (χ0n) is 18.8. The Bertz CT molecular complexity index is 791. The van der Waals surface area contributed by atoms with Crippen LogP contribution in [-0.2, 0) is 9.16 Å². The Morgan fingerprint density at radius 3 is 2.47 bits per heavy atom. The summed E-state index contributed by atoms with van der Waals surface area (Å²) < 4.78 is 18.4. The average molecular weight is 498 g/mol. The molecule has 2 rings (SSSR count). The van der Waals surface area contributed by atoms with E-state index in [1.54, 1.807) is 11.1 Å². The molecule has 1 fully saturated rings. The van der Waals surface area contributed by atoms with E-state index in [0.29, 0.717) is 19.0 Å². The van der Waals surface area contributed by atoms with E-state index < -0.39 is 13.9 Å². The molecule has 0 N–H and O–H groups in total. The van der Waals surface area contributed by atoms with Gasteiger partial charge in [0.25, 0.3) is 0 Å². The number of amides is 1. The Labute approximate surface area is 189 Å².